The monoisotopic (exact) mass is 272 g/mol. The molecule has 0 unspecified atom stereocenters. The van der Waals surface area contributed by atoms with Gasteiger partial charge in [0, 0.05) is 24.2 Å². The molecule has 108 valence electrons. The largest absolute Gasteiger partial charge is 0.326 e. The van der Waals surface area contributed by atoms with Crippen LogP contribution in [-0.4, -0.2) is 11.9 Å². The Labute approximate surface area is 121 Å². The molecule has 1 amide bonds. The maximum absolute atomic E-state index is 12.8. The van der Waals surface area contributed by atoms with Crippen molar-refractivity contribution in [2.45, 2.75) is 57.5 Å². The topological polar surface area (TPSA) is 46.3 Å². The SMILES string of the molecule is NCc1ccc(N(C(=O)C2CCCCC2)C2CC2)cc1. The number of nitrogens with two attached hydrogens (primary N) is 1. The summed E-state index contributed by atoms with van der Waals surface area (Å²) in [5.41, 5.74) is 7.82. The summed E-state index contributed by atoms with van der Waals surface area (Å²) in [6.45, 7) is 0.556. The molecular weight excluding hydrogens is 248 g/mol. The van der Waals surface area contributed by atoms with Crippen molar-refractivity contribution in [2.24, 2.45) is 11.7 Å². The quantitative estimate of drug-likeness (QED) is 0.914. The van der Waals surface area contributed by atoms with E-state index in [0.29, 0.717) is 18.5 Å². The lowest BCUT2D eigenvalue weighted by atomic mass is 9.88. The van der Waals surface area contributed by atoms with E-state index in [1.165, 1.54) is 19.3 Å². The van der Waals surface area contributed by atoms with E-state index in [-0.39, 0.29) is 5.92 Å². The average Bonchev–Trinajstić information content (AvgIpc) is 3.34. The molecule has 0 aromatic heterocycles. The van der Waals surface area contributed by atoms with Gasteiger partial charge < -0.3 is 10.6 Å². The molecule has 2 aliphatic carbocycles. The van der Waals surface area contributed by atoms with Gasteiger partial charge in [-0.15, -0.1) is 0 Å². The van der Waals surface area contributed by atoms with Crippen molar-refractivity contribution in [1.29, 1.82) is 0 Å². The van der Waals surface area contributed by atoms with Crippen molar-refractivity contribution in [3.8, 4) is 0 Å². The van der Waals surface area contributed by atoms with Crippen molar-refractivity contribution in [1.82, 2.24) is 0 Å². The van der Waals surface area contributed by atoms with E-state index in [9.17, 15) is 4.79 Å². The molecule has 3 heteroatoms. The van der Waals surface area contributed by atoms with Gasteiger partial charge >= 0.3 is 0 Å². The van der Waals surface area contributed by atoms with Crippen LogP contribution in [0.2, 0.25) is 0 Å². The van der Waals surface area contributed by atoms with Crippen LogP contribution >= 0.6 is 0 Å². The third-order valence-corrected chi connectivity index (χ3v) is 4.55. The Morgan fingerprint density at radius 3 is 2.25 bits per heavy atom. The van der Waals surface area contributed by atoms with Crippen molar-refractivity contribution in [2.75, 3.05) is 4.90 Å². The summed E-state index contributed by atoms with van der Waals surface area (Å²) >= 11 is 0. The highest BCUT2D eigenvalue weighted by atomic mass is 16.2. The number of amides is 1. The first kappa shape index (κ1) is 13.6. The Morgan fingerprint density at radius 1 is 1.05 bits per heavy atom. The van der Waals surface area contributed by atoms with E-state index >= 15 is 0 Å². The first-order valence-electron chi connectivity index (χ1n) is 7.91. The van der Waals surface area contributed by atoms with Crippen LogP contribution in [0.25, 0.3) is 0 Å². The Balaban J connectivity index is 1.78. The highest BCUT2D eigenvalue weighted by Gasteiger charge is 2.37. The minimum atomic E-state index is 0.249. The first-order chi connectivity index (χ1) is 9.79. The average molecular weight is 272 g/mol. The second-order valence-corrected chi connectivity index (χ2v) is 6.14. The molecule has 2 saturated carbocycles. The van der Waals surface area contributed by atoms with E-state index < -0.39 is 0 Å². The fourth-order valence-electron chi connectivity index (χ4n) is 3.19. The van der Waals surface area contributed by atoms with Gasteiger partial charge in [0.2, 0.25) is 5.91 Å². The van der Waals surface area contributed by atoms with Crippen LogP contribution in [-0.2, 0) is 11.3 Å². The van der Waals surface area contributed by atoms with Crippen LogP contribution in [0.5, 0.6) is 0 Å². The van der Waals surface area contributed by atoms with Crippen LogP contribution in [0.3, 0.4) is 0 Å². The van der Waals surface area contributed by atoms with Crippen LogP contribution < -0.4 is 10.6 Å². The number of hydrogen-bond donors (Lipinski definition) is 1. The highest BCUT2D eigenvalue weighted by Crippen LogP contribution is 2.35. The summed E-state index contributed by atoms with van der Waals surface area (Å²) in [6, 6.07) is 8.63. The van der Waals surface area contributed by atoms with Crippen molar-refractivity contribution >= 4 is 11.6 Å². The van der Waals surface area contributed by atoms with E-state index in [1.807, 2.05) is 12.1 Å². The Kier molecular flexibility index (Phi) is 4.06. The summed E-state index contributed by atoms with van der Waals surface area (Å²) in [4.78, 5) is 14.9. The van der Waals surface area contributed by atoms with E-state index in [2.05, 4.69) is 17.0 Å². The lowest BCUT2D eigenvalue weighted by Gasteiger charge is -2.29. The number of hydrogen-bond acceptors (Lipinski definition) is 2. The van der Waals surface area contributed by atoms with Gasteiger partial charge in [0.15, 0.2) is 0 Å². The molecule has 3 rings (SSSR count). The number of carbonyl (C=O) groups excluding carboxylic acids is 1. The summed E-state index contributed by atoms with van der Waals surface area (Å²) in [7, 11) is 0. The normalized spacial score (nSPS) is 19.9. The second kappa shape index (κ2) is 5.96. The number of nitrogens with zero attached hydrogens (tertiary/aromatic N) is 1. The molecule has 0 spiro atoms. The molecular formula is C17H24N2O. The van der Waals surface area contributed by atoms with Gasteiger partial charge in [0.25, 0.3) is 0 Å². The number of benzene rings is 1. The zero-order chi connectivity index (χ0) is 13.9. The third-order valence-electron chi connectivity index (χ3n) is 4.55. The van der Waals surface area contributed by atoms with E-state index in [0.717, 1.165) is 36.9 Å². The molecule has 0 atom stereocenters. The molecule has 2 fully saturated rings. The molecule has 2 N–H and O–H groups in total. The molecule has 20 heavy (non-hydrogen) atoms. The fourth-order valence-corrected chi connectivity index (χ4v) is 3.19. The molecule has 2 aliphatic rings. The summed E-state index contributed by atoms with van der Waals surface area (Å²) in [5.74, 6) is 0.603. The summed E-state index contributed by atoms with van der Waals surface area (Å²) < 4.78 is 0. The van der Waals surface area contributed by atoms with Crippen LogP contribution in [0.4, 0.5) is 5.69 Å². The summed E-state index contributed by atoms with van der Waals surface area (Å²) in [5, 5.41) is 0. The van der Waals surface area contributed by atoms with Crippen molar-refractivity contribution in [3.63, 3.8) is 0 Å². The number of rotatable bonds is 4. The van der Waals surface area contributed by atoms with Crippen molar-refractivity contribution in [3.05, 3.63) is 29.8 Å². The molecule has 1 aromatic carbocycles. The maximum Gasteiger partial charge on any atom is 0.230 e. The molecule has 0 radical (unpaired) electrons. The second-order valence-electron chi connectivity index (χ2n) is 6.14. The van der Waals surface area contributed by atoms with Crippen LogP contribution in [0.15, 0.2) is 24.3 Å². The van der Waals surface area contributed by atoms with Gasteiger partial charge in [-0.1, -0.05) is 31.4 Å². The van der Waals surface area contributed by atoms with Gasteiger partial charge in [-0.2, -0.15) is 0 Å². The molecule has 0 bridgehead atoms. The van der Waals surface area contributed by atoms with E-state index in [4.69, 9.17) is 5.73 Å². The smallest absolute Gasteiger partial charge is 0.230 e. The van der Waals surface area contributed by atoms with Crippen molar-refractivity contribution < 1.29 is 4.79 Å². The first-order valence-corrected chi connectivity index (χ1v) is 7.91. The predicted molar refractivity (Wildman–Crippen MR) is 81.4 cm³/mol. The van der Waals surface area contributed by atoms with Gasteiger partial charge in [0.05, 0.1) is 0 Å². The molecule has 0 heterocycles. The molecule has 0 saturated heterocycles. The van der Waals surface area contributed by atoms with Gasteiger partial charge in [-0.25, -0.2) is 0 Å². The third kappa shape index (κ3) is 2.88. The molecule has 3 nitrogen and oxygen atoms in total. The van der Waals surface area contributed by atoms with Gasteiger partial charge in [-0.3, -0.25) is 4.79 Å². The number of carbonyl (C=O) groups is 1. The van der Waals surface area contributed by atoms with Gasteiger partial charge in [0.1, 0.15) is 0 Å². The molecule has 0 aliphatic heterocycles. The Hall–Kier alpha value is -1.35. The predicted octanol–water partition coefficient (Wildman–Crippen LogP) is 3.22. The van der Waals surface area contributed by atoms with Crippen LogP contribution in [0, 0.1) is 5.92 Å². The van der Waals surface area contributed by atoms with E-state index in [1.54, 1.807) is 0 Å². The lowest BCUT2D eigenvalue weighted by Crippen LogP contribution is -2.38. The minimum Gasteiger partial charge on any atom is -0.326 e. The maximum atomic E-state index is 12.8. The zero-order valence-electron chi connectivity index (χ0n) is 12.1. The minimum absolute atomic E-state index is 0.249. The summed E-state index contributed by atoms with van der Waals surface area (Å²) in [6.07, 6.45) is 8.15. The van der Waals surface area contributed by atoms with Gasteiger partial charge in [-0.05, 0) is 43.4 Å². The zero-order valence-corrected chi connectivity index (χ0v) is 12.1. The Morgan fingerprint density at radius 2 is 1.70 bits per heavy atom. The lowest BCUT2D eigenvalue weighted by molar-refractivity contribution is -0.123. The standard InChI is InChI=1S/C17H24N2O/c18-12-13-6-8-15(9-7-13)19(16-10-11-16)17(20)14-4-2-1-3-5-14/h6-9,14,16H,1-5,10-12,18H2. The Bertz CT molecular complexity index is 458. The number of anilines is 1. The van der Waals surface area contributed by atoms with Crippen LogP contribution in [0.1, 0.15) is 50.5 Å². The highest BCUT2D eigenvalue weighted by molar-refractivity contribution is 5.96. The fraction of sp³-hybridized carbons (Fsp3) is 0.588. The molecule has 1 aromatic rings.